The maximum Gasteiger partial charge on any atom is 0.267 e. The van der Waals surface area contributed by atoms with E-state index in [0.717, 1.165) is 21.5 Å². The van der Waals surface area contributed by atoms with Gasteiger partial charge in [-0.05, 0) is 50.1 Å². The van der Waals surface area contributed by atoms with Gasteiger partial charge < -0.3 is 5.32 Å². The summed E-state index contributed by atoms with van der Waals surface area (Å²) in [6.07, 6.45) is 0. The Bertz CT molecular complexity index is 684. The molecule has 0 saturated carbocycles. The highest BCUT2D eigenvalue weighted by molar-refractivity contribution is 5.90. The number of aryl methyl sites for hydroxylation is 3. The molecule has 0 atom stereocenters. The summed E-state index contributed by atoms with van der Waals surface area (Å²) in [6.45, 7) is 5.62. The van der Waals surface area contributed by atoms with Crippen LogP contribution in [-0.4, -0.2) is 15.7 Å². The van der Waals surface area contributed by atoms with Gasteiger partial charge in [-0.2, -0.15) is 5.10 Å². The molecule has 104 valence electrons. The maximum atomic E-state index is 12.0. The van der Waals surface area contributed by atoms with Crippen molar-refractivity contribution in [1.29, 1.82) is 0 Å². The first-order valence-corrected chi connectivity index (χ1v) is 6.37. The third-order valence-electron chi connectivity index (χ3n) is 2.80. The van der Waals surface area contributed by atoms with E-state index in [9.17, 15) is 9.59 Å². The number of nitrogens with zero attached hydrogens (tertiary/aromatic N) is 2. The van der Waals surface area contributed by atoms with Gasteiger partial charge in [-0.25, -0.2) is 4.68 Å². The number of carbonyl (C=O) groups is 1. The number of nitrogens with one attached hydrogen (secondary N) is 1. The second-order valence-corrected chi connectivity index (χ2v) is 4.90. The standard InChI is InChI=1S/C15H17N3O2/c1-10-6-11(2)8-13(7-10)16-14(19)9-18-15(20)5-4-12(3)17-18/h4-8H,9H2,1-3H3,(H,16,19). The van der Waals surface area contributed by atoms with Crippen LogP contribution < -0.4 is 10.9 Å². The summed E-state index contributed by atoms with van der Waals surface area (Å²) in [6, 6.07) is 8.84. The number of rotatable bonds is 3. The molecule has 0 aliphatic heterocycles. The topological polar surface area (TPSA) is 64.0 Å². The third kappa shape index (κ3) is 3.54. The van der Waals surface area contributed by atoms with Crippen molar-refractivity contribution in [3.05, 3.63) is 57.5 Å². The second-order valence-electron chi connectivity index (χ2n) is 4.90. The molecular formula is C15H17N3O2. The van der Waals surface area contributed by atoms with E-state index in [1.807, 2.05) is 32.0 Å². The molecule has 0 saturated heterocycles. The summed E-state index contributed by atoms with van der Waals surface area (Å²) in [5.41, 5.74) is 3.29. The molecule has 0 bridgehead atoms. The molecule has 2 rings (SSSR count). The molecule has 0 radical (unpaired) electrons. The normalized spacial score (nSPS) is 10.3. The van der Waals surface area contributed by atoms with E-state index in [1.165, 1.54) is 6.07 Å². The van der Waals surface area contributed by atoms with Crippen LogP contribution in [0.1, 0.15) is 16.8 Å². The van der Waals surface area contributed by atoms with Crippen molar-refractivity contribution in [3.63, 3.8) is 0 Å². The van der Waals surface area contributed by atoms with Crippen LogP contribution in [0.5, 0.6) is 0 Å². The van der Waals surface area contributed by atoms with Crippen molar-refractivity contribution in [2.45, 2.75) is 27.3 Å². The Morgan fingerprint density at radius 3 is 2.45 bits per heavy atom. The number of benzene rings is 1. The Balaban J connectivity index is 2.13. The number of carbonyl (C=O) groups excluding carboxylic acids is 1. The fraction of sp³-hybridized carbons (Fsp3) is 0.267. The van der Waals surface area contributed by atoms with Crippen LogP contribution >= 0.6 is 0 Å². The van der Waals surface area contributed by atoms with Gasteiger partial charge in [0.25, 0.3) is 5.56 Å². The number of aromatic nitrogens is 2. The maximum absolute atomic E-state index is 12.0. The minimum absolute atomic E-state index is 0.0898. The van der Waals surface area contributed by atoms with Crippen molar-refractivity contribution < 1.29 is 4.79 Å². The van der Waals surface area contributed by atoms with Gasteiger partial charge in [0.15, 0.2) is 0 Å². The molecule has 20 heavy (non-hydrogen) atoms. The molecule has 1 aromatic heterocycles. The Morgan fingerprint density at radius 1 is 1.15 bits per heavy atom. The van der Waals surface area contributed by atoms with Gasteiger partial charge >= 0.3 is 0 Å². The molecule has 0 aliphatic carbocycles. The van der Waals surface area contributed by atoms with Gasteiger partial charge in [-0.3, -0.25) is 9.59 Å². The smallest absolute Gasteiger partial charge is 0.267 e. The van der Waals surface area contributed by atoms with Crippen molar-refractivity contribution in [2.24, 2.45) is 0 Å². The predicted octanol–water partition coefficient (Wildman–Crippen LogP) is 1.81. The summed E-state index contributed by atoms with van der Waals surface area (Å²) >= 11 is 0. The second kappa shape index (κ2) is 5.69. The summed E-state index contributed by atoms with van der Waals surface area (Å²) in [7, 11) is 0. The molecule has 5 heteroatoms. The fourth-order valence-electron chi connectivity index (χ4n) is 2.05. The number of hydrogen-bond donors (Lipinski definition) is 1. The summed E-state index contributed by atoms with van der Waals surface area (Å²) < 4.78 is 1.16. The zero-order valence-corrected chi connectivity index (χ0v) is 11.8. The minimum Gasteiger partial charge on any atom is -0.324 e. The molecule has 2 aromatic rings. The first kappa shape index (κ1) is 14.0. The average molecular weight is 271 g/mol. The monoisotopic (exact) mass is 271 g/mol. The lowest BCUT2D eigenvalue weighted by Gasteiger charge is -2.08. The van der Waals surface area contributed by atoms with E-state index >= 15 is 0 Å². The van der Waals surface area contributed by atoms with Crippen LogP contribution in [-0.2, 0) is 11.3 Å². The highest BCUT2D eigenvalue weighted by Gasteiger charge is 2.07. The Morgan fingerprint density at radius 2 is 1.80 bits per heavy atom. The molecule has 1 aromatic carbocycles. The van der Waals surface area contributed by atoms with E-state index in [-0.39, 0.29) is 18.0 Å². The Labute approximate surface area is 117 Å². The zero-order chi connectivity index (χ0) is 14.7. The highest BCUT2D eigenvalue weighted by atomic mass is 16.2. The molecule has 1 N–H and O–H groups in total. The minimum atomic E-state index is -0.286. The Hall–Kier alpha value is -2.43. The molecule has 5 nitrogen and oxygen atoms in total. The van der Waals surface area contributed by atoms with Gasteiger partial charge in [0.2, 0.25) is 5.91 Å². The van der Waals surface area contributed by atoms with Crippen LogP contribution in [0.3, 0.4) is 0 Å². The Kier molecular flexibility index (Phi) is 3.98. The molecule has 0 aliphatic rings. The summed E-state index contributed by atoms with van der Waals surface area (Å²) in [5, 5.41) is 6.81. The van der Waals surface area contributed by atoms with Crippen LogP contribution in [0.2, 0.25) is 0 Å². The molecule has 1 amide bonds. The van der Waals surface area contributed by atoms with Gasteiger partial charge in [0.1, 0.15) is 6.54 Å². The van der Waals surface area contributed by atoms with Crippen LogP contribution in [0.4, 0.5) is 5.69 Å². The van der Waals surface area contributed by atoms with Gasteiger partial charge in [0.05, 0.1) is 5.69 Å². The molecule has 0 unspecified atom stereocenters. The lowest BCUT2D eigenvalue weighted by Crippen LogP contribution is -2.29. The van der Waals surface area contributed by atoms with Gasteiger partial charge in [0, 0.05) is 11.8 Å². The van der Waals surface area contributed by atoms with Crippen molar-refractivity contribution in [3.8, 4) is 0 Å². The van der Waals surface area contributed by atoms with Crippen molar-refractivity contribution in [2.75, 3.05) is 5.32 Å². The van der Waals surface area contributed by atoms with Crippen LogP contribution in [0.25, 0.3) is 0 Å². The van der Waals surface area contributed by atoms with E-state index in [0.29, 0.717) is 5.69 Å². The summed E-state index contributed by atoms with van der Waals surface area (Å²) in [5.74, 6) is -0.268. The number of hydrogen-bond acceptors (Lipinski definition) is 3. The lowest BCUT2D eigenvalue weighted by molar-refractivity contribution is -0.117. The molecule has 0 spiro atoms. The average Bonchev–Trinajstić information content (AvgIpc) is 2.32. The molecule has 1 heterocycles. The summed E-state index contributed by atoms with van der Waals surface area (Å²) in [4.78, 5) is 23.5. The van der Waals surface area contributed by atoms with E-state index in [4.69, 9.17) is 0 Å². The predicted molar refractivity (Wildman–Crippen MR) is 77.8 cm³/mol. The lowest BCUT2D eigenvalue weighted by atomic mass is 10.1. The largest absolute Gasteiger partial charge is 0.324 e. The highest BCUT2D eigenvalue weighted by Crippen LogP contribution is 2.13. The van der Waals surface area contributed by atoms with Gasteiger partial charge in [-0.15, -0.1) is 0 Å². The van der Waals surface area contributed by atoms with Crippen LogP contribution in [0, 0.1) is 20.8 Å². The SMILES string of the molecule is Cc1cc(C)cc(NC(=O)Cn2nc(C)ccc2=O)c1. The van der Waals surface area contributed by atoms with E-state index in [2.05, 4.69) is 10.4 Å². The third-order valence-corrected chi connectivity index (χ3v) is 2.80. The van der Waals surface area contributed by atoms with Crippen molar-refractivity contribution in [1.82, 2.24) is 9.78 Å². The van der Waals surface area contributed by atoms with Crippen LogP contribution in [0.15, 0.2) is 35.1 Å². The first-order valence-electron chi connectivity index (χ1n) is 6.37. The number of anilines is 1. The fourth-order valence-corrected chi connectivity index (χ4v) is 2.05. The van der Waals surface area contributed by atoms with Gasteiger partial charge in [-0.1, -0.05) is 6.07 Å². The number of amides is 1. The van der Waals surface area contributed by atoms with Crippen molar-refractivity contribution >= 4 is 11.6 Å². The zero-order valence-electron chi connectivity index (χ0n) is 11.8. The quantitative estimate of drug-likeness (QED) is 0.926. The molecule has 0 fully saturated rings. The van der Waals surface area contributed by atoms with E-state index < -0.39 is 0 Å². The molecular weight excluding hydrogens is 254 g/mol. The first-order chi connectivity index (χ1) is 9.44. The van der Waals surface area contributed by atoms with E-state index in [1.54, 1.807) is 13.0 Å².